The van der Waals surface area contributed by atoms with Gasteiger partial charge in [0.15, 0.2) is 0 Å². The first kappa shape index (κ1) is 15.1. The zero-order valence-corrected chi connectivity index (χ0v) is 11.5. The van der Waals surface area contributed by atoms with Crippen molar-refractivity contribution >= 4 is 23.9 Å². The Bertz CT molecular complexity index is 724. The Morgan fingerprint density at radius 2 is 1.77 bits per heavy atom. The van der Waals surface area contributed by atoms with Gasteiger partial charge in [0.2, 0.25) is 0 Å². The third-order valence-corrected chi connectivity index (χ3v) is 2.77. The lowest BCUT2D eigenvalue weighted by Crippen LogP contribution is -2.16. The van der Waals surface area contributed by atoms with Crippen LogP contribution in [0.25, 0.3) is 6.08 Å². The smallest absolute Gasteiger partial charge is 0.267 e. The van der Waals surface area contributed by atoms with Crippen molar-refractivity contribution < 1.29 is 9.72 Å². The molecule has 2 aromatic rings. The van der Waals surface area contributed by atoms with E-state index in [-0.39, 0.29) is 11.6 Å². The second kappa shape index (κ2) is 7.49. The second-order valence-electron chi connectivity index (χ2n) is 4.26. The number of allylic oxidation sites excluding steroid dienone is 1. The average Bonchev–Trinajstić information content (AvgIpc) is 2.55. The maximum absolute atomic E-state index is 11.7. The van der Waals surface area contributed by atoms with Gasteiger partial charge in [0.1, 0.15) is 0 Å². The lowest BCUT2D eigenvalue weighted by molar-refractivity contribution is -0.385. The van der Waals surface area contributed by atoms with E-state index >= 15 is 0 Å². The Labute approximate surface area is 126 Å². The summed E-state index contributed by atoms with van der Waals surface area (Å²) in [5, 5.41) is 14.6. The molecule has 0 aliphatic carbocycles. The molecule has 0 saturated heterocycles. The van der Waals surface area contributed by atoms with E-state index < -0.39 is 4.92 Å². The summed E-state index contributed by atoms with van der Waals surface area (Å²) in [7, 11) is 0. The predicted molar refractivity (Wildman–Crippen MR) is 84.5 cm³/mol. The van der Waals surface area contributed by atoms with E-state index in [0.717, 1.165) is 0 Å². The molecule has 0 saturated carbocycles. The summed E-state index contributed by atoms with van der Waals surface area (Å²) in [6.45, 7) is 0. The van der Waals surface area contributed by atoms with Gasteiger partial charge in [-0.1, -0.05) is 30.3 Å². The van der Waals surface area contributed by atoms with Crippen LogP contribution in [0.3, 0.4) is 0 Å². The van der Waals surface area contributed by atoms with Gasteiger partial charge in [-0.3, -0.25) is 14.9 Å². The van der Waals surface area contributed by atoms with Crippen LogP contribution in [0.5, 0.6) is 0 Å². The zero-order chi connectivity index (χ0) is 15.8. The molecule has 0 fully saturated rings. The summed E-state index contributed by atoms with van der Waals surface area (Å²) in [5.74, 6) is -0.323. The van der Waals surface area contributed by atoms with Crippen LogP contribution >= 0.6 is 0 Å². The van der Waals surface area contributed by atoms with Crippen LogP contribution in [0.15, 0.2) is 65.8 Å². The van der Waals surface area contributed by atoms with Crippen molar-refractivity contribution in [3.8, 4) is 0 Å². The Kier molecular flexibility index (Phi) is 5.15. The number of nitrogens with zero attached hydrogens (tertiary/aromatic N) is 2. The predicted octanol–water partition coefficient (Wildman–Crippen LogP) is 3.02. The maximum atomic E-state index is 11.7. The molecule has 0 aliphatic rings. The molecule has 0 bridgehead atoms. The lowest BCUT2D eigenvalue weighted by atomic mass is 10.2. The van der Waals surface area contributed by atoms with Crippen molar-refractivity contribution in [2.24, 2.45) is 5.10 Å². The number of nitro benzene ring substituents is 1. The van der Waals surface area contributed by atoms with Crippen LogP contribution in [-0.4, -0.2) is 17.0 Å². The highest BCUT2D eigenvalue weighted by molar-refractivity contribution is 5.94. The van der Waals surface area contributed by atoms with Gasteiger partial charge in [0, 0.05) is 17.8 Å². The number of carbonyl (C=O) groups is 1. The van der Waals surface area contributed by atoms with Crippen LogP contribution in [0.4, 0.5) is 5.69 Å². The fraction of sp³-hybridized carbons (Fsp3) is 0. The Morgan fingerprint density at radius 3 is 2.50 bits per heavy atom. The van der Waals surface area contributed by atoms with Crippen LogP contribution in [0.1, 0.15) is 15.9 Å². The standard InChI is InChI=1S/C16H13N3O3/c20-16(14-8-2-1-3-9-14)18-17-12-6-10-13-7-4-5-11-15(13)19(21)22/h1-12H,(H,18,20). The Morgan fingerprint density at radius 1 is 1.09 bits per heavy atom. The molecule has 0 radical (unpaired) electrons. The molecule has 0 atom stereocenters. The Balaban J connectivity index is 1.96. The van der Waals surface area contributed by atoms with Crippen molar-refractivity contribution in [1.29, 1.82) is 0 Å². The SMILES string of the molecule is O=C(NN=CC=Cc1ccccc1[N+](=O)[O-])c1ccccc1. The molecule has 22 heavy (non-hydrogen) atoms. The first-order valence-corrected chi connectivity index (χ1v) is 6.47. The molecule has 0 aromatic heterocycles. The minimum atomic E-state index is -0.450. The highest BCUT2D eigenvalue weighted by Crippen LogP contribution is 2.18. The van der Waals surface area contributed by atoms with Gasteiger partial charge in [0.25, 0.3) is 11.6 Å². The van der Waals surface area contributed by atoms with Crippen molar-refractivity contribution in [2.45, 2.75) is 0 Å². The molecule has 6 nitrogen and oxygen atoms in total. The molecule has 0 heterocycles. The van der Waals surface area contributed by atoms with Crippen LogP contribution < -0.4 is 5.43 Å². The highest BCUT2D eigenvalue weighted by atomic mass is 16.6. The number of carbonyl (C=O) groups excluding carboxylic acids is 1. The molecular formula is C16H13N3O3. The largest absolute Gasteiger partial charge is 0.276 e. The summed E-state index contributed by atoms with van der Waals surface area (Å²) < 4.78 is 0. The molecule has 0 aliphatic heterocycles. The van der Waals surface area contributed by atoms with E-state index in [9.17, 15) is 14.9 Å². The van der Waals surface area contributed by atoms with E-state index in [1.165, 1.54) is 18.4 Å². The van der Waals surface area contributed by atoms with Gasteiger partial charge >= 0.3 is 0 Å². The van der Waals surface area contributed by atoms with Gasteiger partial charge in [-0.25, -0.2) is 5.43 Å². The van der Waals surface area contributed by atoms with E-state index in [4.69, 9.17) is 0 Å². The summed E-state index contributed by atoms with van der Waals surface area (Å²) >= 11 is 0. The number of amides is 1. The monoisotopic (exact) mass is 295 g/mol. The molecule has 0 unspecified atom stereocenters. The van der Waals surface area contributed by atoms with E-state index in [2.05, 4.69) is 10.5 Å². The minimum Gasteiger partial charge on any atom is -0.267 e. The first-order valence-electron chi connectivity index (χ1n) is 6.47. The summed E-state index contributed by atoms with van der Waals surface area (Å²) in [6, 6.07) is 15.0. The fourth-order valence-electron chi connectivity index (χ4n) is 1.73. The van der Waals surface area contributed by atoms with Gasteiger partial charge in [-0.2, -0.15) is 5.10 Å². The van der Waals surface area contributed by atoms with Gasteiger partial charge < -0.3 is 0 Å². The van der Waals surface area contributed by atoms with Crippen molar-refractivity contribution in [1.82, 2.24) is 5.43 Å². The van der Waals surface area contributed by atoms with Crippen LogP contribution in [-0.2, 0) is 0 Å². The fourth-order valence-corrected chi connectivity index (χ4v) is 1.73. The molecule has 110 valence electrons. The van der Waals surface area contributed by atoms with Crippen molar-refractivity contribution in [3.63, 3.8) is 0 Å². The number of hydrogen-bond acceptors (Lipinski definition) is 4. The maximum Gasteiger partial charge on any atom is 0.276 e. The molecule has 2 rings (SSSR count). The second-order valence-corrected chi connectivity index (χ2v) is 4.26. The highest BCUT2D eigenvalue weighted by Gasteiger charge is 2.08. The number of rotatable bonds is 5. The third kappa shape index (κ3) is 4.11. The third-order valence-electron chi connectivity index (χ3n) is 2.77. The van der Waals surface area contributed by atoms with Crippen LogP contribution in [0, 0.1) is 10.1 Å². The Hall–Kier alpha value is -3.28. The number of nitrogens with one attached hydrogen (secondary N) is 1. The number of para-hydroxylation sites is 1. The van der Waals surface area contributed by atoms with Crippen molar-refractivity contribution in [2.75, 3.05) is 0 Å². The van der Waals surface area contributed by atoms with Crippen molar-refractivity contribution in [3.05, 3.63) is 81.9 Å². The first-order chi connectivity index (χ1) is 10.7. The lowest BCUT2D eigenvalue weighted by Gasteiger charge is -1.97. The van der Waals surface area contributed by atoms with Gasteiger partial charge in [-0.15, -0.1) is 0 Å². The number of nitro groups is 1. The molecule has 2 aromatic carbocycles. The van der Waals surface area contributed by atoms with E-state index in [0.29, 0.717) is 11.1 Å². The summed E-state index contributed by atoms with van der Waals surface area (Å²) in [6.07, 6.45) is 4.43. The van der Waals surface area contributed by atoms with E-state index in [1.807, 2.05) is 6.07 Å². The molecular weight excluding hydrogens is 282 g/mol. The number of benzene rings is 2. The summed E-state index contributed by atoms with van der Waals surface area (Å²) in [5.41, 5.74) is 3.35. The molecule has 6 heteroatoms. The number of hydrogen-bond donors (Lipinski definition) is 1. The van der Waals surface area contributed by atoms with E-state index in [1.54, 1.807) is 48.5 Å². The number of hydrazone groups is 1. The molecule has 0 spiro atoms. The average molecular weight is 295 g/mol. The normalized spacial score (nSPS) is 10.9. The minimum absolute atomic E-state index is 0.0143. The van der Waals surface area contributed by atoms with Gasteiger partial charge in [-0.05, 0) is 30.4 Å². The van der Waals surface area contributed by atoms with Crippen LogP contribution in [0.2, 0.25) is 0 Å². The zero-order valence-electron chi connectivity index (χ0n) is 11.5. The molecule has 1 amide bonds. The summed E-state index contributed by atoms with van der Waals surface area (Å²) in [4.78, 5) is 22.1. The topological polar surface area (TPSA) is 84.6 Å². The van der Waals surface area contributed by atoms with Gasteiger partial charge in [0.05, 0.1) is 10.5 Å². The molecule has 1 N–H and O–H groups in total. The quantitative estimate of drug-likeness (QED) is 0.522.